The Bertz CT molecular complexity index is 719. The van der Waals surface area contributed by atoms with E-state index in [1.165, 1.54) is 23.3 Å². The summed E-state index contributed by atoms with van der Waals surface area (Å²) in [4.78, 5) is 6.83. The Morgan fingerprint density at radius 2 is 1.79 bits per heavy atom. The first-order chi connectivity index (χ1) is 11.6. The van der Waals surface area contributed by atoms with E-state index in [-0.39, 0.29) is 5.82 Å². The Morgan fingerprint density at radius 1 is 1.08 bits per heavy atom. The highest BCUT2D eigenvalue weighted by atomic mass is 19.1. The molecule has 3 rings (SSSR count). The standard InChI is InChI=1S/C20H23FN2O/c1-15-12-20(22-14-23-7-9-24-10-8-23)16(2)11-18(15)13-17-3-5-19(21)6-4-17/h3-6,11-12,14H,7-10,13H2,1-2H3. The molecule has 0 atom stereocenters. The van der Waals surface area contributed by atoms with Crippen LogP contribution in [0.5, 0.6) is 0 Å². The maximum atomic E-state index is 13.0. The number of aliphatic imine (C=N–C) groups is 1. The molecule has 0 bridgehead atoms. The summed E-state index contributed by atoms with van der Waals surface area (Å²) in [6, 6.07) is 11.0. The number of ether oxygens (including phenoxy) is 1. The highest BCUT2D eigenvalue weighted by Gasteiger charge is 2.08. The molecule has 0 aliphatic carbocycles. The summed E-state index contributed by atoms with van der Waals surface area (Å²) in [6.45, 7) is 7.50. The summed E-state index contributed by atoms with van der Waals surface area (Å²) >= 11 is 0. The quantitative estimate of drug-likeness (QED) is 0.626. The first-order valence-electron chi connectivity index (χ1n) is 8.32. The third-order valence-corrected chi connectivity index (χ3v) is 4.37. The van der Waals surface area contributed by atoms with Gasteiger partial charge in [0.2, 0.25) is 0 Å². The summed E-state index contributed by atoms with van der Waals surface area (Å²) in [6.07, 6.45) is 2.73. The van der Waals surface area contributed by atoms with Gasteiger partial charge >= 0.3 is 0 Å². The maximum absolute atomic E-state index is 13.0. The zero-order chi connectivity index (χ0) is 16.9. The Balaban J connectivity index is 1.75. The molecule has 0 N–H and O–H groups in total. The second-order valence-corrected chi connectivity index (χ2v) is 6.26. The van der Waals surface area contributed by atoms with Gasteiger partial charge in [0.15, 0.2) is 0 Å². The summed E-state index contributed by atoms with van der Waals surface area (Å²) in [5.41, 5.74) is 5.73. The number of rotatable bonds is 4. The van der Waals surface area contributed by atoms with Crippen molar-refractivity contribution in [3.63, 3.8) is 0 Å². The van der Waals surface area contributed by atoms with E-state index >= 15 is 0 Å². The summed E-state index contributed by atoms with van der Waals surface area (Å²) in [5.74, 6) is -0.195. The van der Waals surface area contributed by atoms with Crippen LogP contribution in [-0.2, 0) is 11.2 Å². The van der Waals surface area contributed by atoms with Gasteiger partial charge in [0.25, 0.3) is 0 Å². The molecule has 1 fully saturated rings. The average molecular weight is 326 g/mol. The molecule has 0 saturated carbocycles. The minimum atomic E-state index is -0.195. The molecule has 1 aliphatic rings. The van der Waals surface area contributed by atoms with Crippen LogP contribution in [-0.4, -0.2) is 37.5 Å². The van der Waals surface area contributed by atoms with E-state index in [2.05, 4.69) is 35.9 Å². The van der Waals surface area contributed by atoms with Crippen molar-refractivity contribution in [2.24, 2.45) is 4.99 Å². The number of benzene rings is 2. The Hall–Kier alpha value is -2.20. The Kier molecular flexibility index (Phi) is 5.26. The molecule has 0 amide bonds. The van der Waals surface area contributed by atoms with Crippen molar-refractivity contribution in [2.75, 3.05) is 26.3 Å². The lowest BCUT2D eigenvalue weighted by atomic mass is 9.97. The lowest BCUT2D eigenvalue weighted by Crippen LogP contribution is -2.35. The normalized spacial score (nSPS) is 15.2. The lowest BCUT2D eigenvalue weighted by Gasteiger charge is -2.24. The van der Waals surface area contributed by atoms with Crippen LogP contribution >= 0.6 is 0 Å². The van der Waals surface area contributed by atoms with E-state index in [9.17, 15) is 4.39 Å². The van der Waals surface area contributed by atoms with E-state index in [4.69, 9.17) is 4.74 Å². The van der Waals surface area contributed by atoms with Gasteiger partial charge in [0.1, 0.15) is 5.82 Å². The first-order valence-corrected chi connectivity index (χ1v) is 8.32. The molecule has 4 heteroatoms. The predicted octanol–water partition coefficient (Wildman–Crippen LogP) is 4.03. The molecule has 0 radical (unpaired) electrons. The molecule has 1 heterocycles. The third-order valence-electron chi connectivity index (χ3n) is 4.37. The predicted molar refractivity (Wildman–Crippen MR) is 95.7 cm³/mol. The molecule has 24 heavy (non-hydrogen) atoms. The van der Waals surface area contributed by atoms with Gasteiger partial charge in [-0.2, -0.15) is 0 Å². The van der Waals surface area contributed by atoms with Gasteiger partial charge in [-0.3, -0.25) is 0 Å². The number of hydrogen-bond acceptors (Lipinski definition) is 2. The SMILES string of the molecule is Cc1cc(N=CN2CCOCC2)c(C)cc1Cc1ccc(F)cc1. The summed E-state index contributed by atoms with van der Waals surface area (Å²) < 4.78 is 18.4. The van der Waals surface area contributed by atoms with Crippen molar-refractivity contribution in [2.45, 2.75) is 20.3 Å². The van der Waals surface area contributed by atoms with Crippen LogP contribution in [0.25, 0.3) is 0 Å². The minimum absolute atomic E-state index is 0.195. The van der Waals surface area contributed by atoms with Crippen LogP contribution in [0.15, 0.2) is 41.4 Å². The van der Waals surface area contributed by atoms with Crippen molar-refractivity contribution >= 4 is 12.0 Å². The maximum Gasteiger partial charge on any atom is 0.123 e. The molecule has 2 aromatic carbocycles. The molecule has 0 aromatic heterocycles. The van der Waals surface area contributed by atoms with Gasteiger partial charge in [0, 0.05) is 13.1 Å². The monoisotopic (exact) mass is 326 g/mol. The first kappa shape index (κ1) is 16.7. The lowest BCUT2D eigenvalue weighted by molar-refractivity contribution is 0.0701. The zero-order valence-corrected chi connectivity index (χ0v) is 14.3. The van der Waals surface area contributed by atoms with Crippen molar-refractivity contribution < 1.29 is 9.13 Å². The number of aryl methyl sites for hydroxylation is 2. The smallest absolute Gasteiger partial charge is 0.123 e. The summed E-state index contributed by atoms with van der Waals surface area (Å²) in [7, 11) is 0. The van der Waals surface area contributed by atoms with E-state index < -0.39 is 0 Å². The third kappa shape index (κ3) is 4.20. The largest absolute Gasteiger partial charge is 0.378 e. The van der Waals surface area contributed by atoms with Gasteiger partial charge in [-0.15, -0.1) is 0 Å². The molecule has 126 valence electrons. The van der Waals surface area contributed by atoms with Crippen molar-refractivity contribution in [3.8, 4) is 0 Å². The van der Waals surface area contributed by atoms with Crippen LogP contribution in [0.1, 0.15) is 22.3 Å². The molecule has 3 nitrogen and oxygen atoms in total. The Labute approximate surface area is 142 Å². The number of hydrogen-bond donors (Lipinski definition) is 0. The van der Waals surface area contributed by atoms with Crippen molar-refractivity contribution in [3.05, 3.63) is 64.5 Å². The molecule has 0 unspecified atom stereocenters. The summed E-state index contributed by atoms with van der Waals surface area (Å²) in [5, 5.41) is 0. The fourth-order valence-corrected chi connectivity index (χ4v) is 2.85. The number of halogens is 1. The highest BCUT2D eigenvalue weighted by Crippen LogP contribution is 2.25. The van der Waals surface area contributed by atoms with Gasteiger partial charge in [-0.05, 0) is 60.7 Å². The highest BCUT2D eigenvalue weighted by molar-refractivity contribution is 5.64. The average Bonchev–Trinajstić information content (AvgIpc) is 2.59. The Morgan fingerprint density at radius 3 is 2.50 bits per heavy atom. The molecule has 2 aromatic rings. The second-order valence-electron chi connectivity index (χ2n) is 6.26. The van der Waals surface area contributed by atoms with Crippen LogP contribution in [0, 0.1) is 19.7 Å². The van der Waals surface area contributed by atoms with Gasteiger partial charge in [-0.1, -0.05) is 18.2 Å². The fourth-order valence-electron chi connectivity index (χ4n) is 2.85. The number of morpholine rings is 1. The minimum Gasteiger partial charge on any atom is -0.378 e. The van der Waals surface area contributed by atoms with E-state index in [1.54, 1.807) is 0 Å². The van der Waals surface area contributed by atoms with Crippen LogP contribution in [0.2, 0.25) is 0 Å². The molecular formula is C20H23FN2O. The molecule has 1 saturated heterocycles. The van der Waals surface area contributed by atoms with E-state index in [0.29, 0.717) is 0 Å². The van der Waals surface area contributed by atoms with Crippen LogP contribution in [0.3, 0.4) is 0 Å². The molecule has 0 spiro atoms. The number of nitrogens with zero attached hydrogens (tertiary/aromatic N) is 2. The topological polar surface area (TPSA) is 24.8 Å². The second kappa shape index (κ2) is 7.58. The van der Waals surface area contributed by atoms with Gasteiger partial charge in [-0.25, -0.2) is 9.38 Å². The molecular weight excluding hydrogens is 303 g/mol. The van der Waals surface area contributed by atoms with Crippen LogP contribution < -0.4 is 0 Å². The molecule has 1 aliphatic heterocycles. The van der Waals surface area contributed by atoms with Crippen molar-refractivity contribution in [1.29, 1.82) is 0 Å². The van der Waals surface area contributed by atoms with Gasteiger partial charge < -0.3 is 9.64 Å². The van der Waals surface area contributed by atoms with E-state index in [1.807, 2.05) is 18.5 Å². The van der Waals surface area contributed by atoms with Crippen LogP contribution in [0.4, 0.5) is 10.1 Å². The zero-order valence-electron chi connectivity index (χ0n) is 14.3. The van der Waals surface area contributed by atoms with Gasteiger partial charge in [0.05, 0.1) is 25.2 Å². The van der Waals surface area contributed by atoms with E-state index in [0.717, 1.165) is 49.5 Å². The fraction of sp³-hybridized carbons (Fsp3) is 0.350. The van der Waals surface area contributed by atoms with Crippen molar-refractivity contribution in [1.82, 2.24) is 4.90 Å².